The van der Waals surface area contributed by atoms with Crippen LogP contribution in [0.25, 0.3) is 0 Å². The zero-order valence-electron chi connectivity index (χ0n) is 16.1. The van der Waals surface area contributed by atoms with Crippen molar-refractivity contribution < 1.29 is 19.7 Å². The number of ether oxygens (including phenoxy) is 1. The molecule has 1 unspecified atom stereocenters. The van der Waals surface area contributed by atoms with Crippen molar-refractivity contribution in [3.8, 4) is 5.75 Å². The molecule has 4 rings (SSSR count). The Morgan fingerprint density at radius 2 is 2.04 bits per heavy atom. The van der Waals surface area contributed by atoms with Gasteiger partial charge in [-0.15, -0.1) is 0 Å². The van der Waals surface area contributed by atoms with E-state index >= 15 is 0 Å². The van der Waals surface area contributed by atoms with E-state index in [1.807, 2.05) is 31.2 Å². The fourth-order valence-electron chi connectivity index (χ4n) is 4.03. The Labute approximate surface area is 164 Å². The lowest BCUT2D eigenvalue weighted by molar-refractivity contribution is 0.0946. The maximum Gasteiger partial charge on any atom is 0.251 e. The minimum atomic E-state index is -0.936. The van der Waals surface area contributed by atoms with E-state index in [4.69, 9.17) is 4.74 Å². The van der Waals surface area contributed by atoms with E-state index in [0.717, 1.165) is 17.5 Å². The summed E-state index contributed by atoms with van der Waals surface area (Å²) in [5.74, 6) is 0.568. The van der Waals surface area contributed by atoms with Gasteiger partial charge in [-0.25, -0.2) is 0 Å². The maximum atomic E-state index is 12.8. The highest BCUT2D eigenvalue weighted by Gasteiger charge is 2.39. The topological polar surface area (TPSA) is 90.8 Å². The molecule has 1 aliphatic heterocycles. The minimum Gasteiger partial charge on any atom is -0.489 e. The molecule has 1 amide bonds. The Balaban J connectivity index is 1.74. The van der Waals surface area contributed by atoms with Crippen molar-refractivity contribution in [3.05, 3.63) is 64.7 Å². The first-order valence-corrected chi connectivity index (χ1v) is 9.70. The molecule has 1 saturated carbocycles. The standard InChI is InChI=1S/C22H26N2O4/c1-12-19(13-6-4-3-5-7-13)16-8-14(21(26)24-18-10-15(18)11-25)9-17(20(16)28-12)22(27)23-2/h3-9,12,15,18-19,22-23,25,27H,10-11H2,1-2H3,(H,24,26)/t12-,15+,18-,19+,22?/m1/s1. The fraction of sp³-hybridized carbons (Fsp3) is 0.409. The molecule has 6 heteroatoms. The van der Waals surface area contributed by atoms with Gasteiger partial charge in [-0.05, 0) is 38.1 Å². The van der Waals surface area contributed by atoms with E-state index in [9.17, 15) is 15.0 Å². The van der Waals surface area contributed by atoms with Crippen LogP contribution < -0.4 is 15.4 Å². The number of nitrogens with one attached hydrogen (secondary N) is 2. The summed E-state index contributed by atoms with van der Waals surface area (Å²) < 4.78 is 6.13. The predicted octanol–water partition coefficient (Wildman–Crippen LogP) is 1.92. The second-order valence-corrected chi connectivity index (χ2v) is 7.64. The van der Waals surface area contributed by atoms with E-state index in [0.29, 0.717) is 16.9 Å². The molecule has 2 aromatic carbocycles. The van der Waals surface area contributed by atoms with Gasteiger partial charge in [0.05, 0.1) is 0 Å². The predicted molar refractivity (Wildman–Crippen MR) is 105 cm³/mol. The lowest BCUT2D eigenvalue weighted by Gasteiger charge is -2.17. The van der Waals surface area contributed by atoms with Crippen LogP contribution in [0.2, 0.25) is 0 Å². The molecule has 28 heavy (non-hydrogen) atoms. The highest BCUT2D eigenvalue weighted by molar-refractivity contribution is 5.95. The molecule has 5 atom stereocenters. The average Bonchev–Trinajstić information content (AvgIpc) is 3.38. The molecule has 1 fully saturated rings. The van der Waals surface area contributed by atoms with E-state index < -0.39 is 6.23 Å². The third-order valence-electron chi connectivity index (χ3n) is 5.72. The van der Waals surface area contributed by atoms with Gasteiger partial charge in [0.15, 0.2) is 0 Å². The Kier molecular flexibility index (Phi) is 5.10. The van der Waals surface area contributed by atoms with Gasteiger partial charge in [-0.3, -0.25) is 10.1 Å². The Hall–Kier alpha value is -2.41. The number of benzene rings is 2. The number of amides is 1. The number of carbonyl (C=O) groups is 1. The smallest absolute Gasteiger partial charge is 0.251 e. The number of aliphatic hydroxyl groups is 2. The molecule has 4 N–H and O–H groups in total. The van der Waals surface area contributed by atoms with E-state index in [1.54, 1.807) is 13.1 Å². The summed E-state index contributed by atoms with van der Waals surface area (Å²) >= 11 is 0. The fourth-order valence-corrected chi connectivity index (χ4v) is 4.03. The van der Waals surface area contributed by atoms with E-state index in [-0.39, 0.29) is 36.5 Å². The van der Waals surface area contributed by atoms with Gasteiger partial charge in [0, 0.05) is 41.2 Å². The van der Waals surface area contributed by atoms with Crippen molar-refractivity contribution in [2.45, 2.75) is 37.6 Å². The van der Waals surface area contributed by atoms with Crippen LogP contribution in [-0.2, 0) is 0 Å². The summed E-state index contributed by atoms with van der Waals surface area (Å²) in [5.41, 5.74) is 3.07. The molecule has 6 nitrogen and oxygen atoms in total. The first-order valence-electron chi connectivity index (χ1n) is 9.70. The van der Waals surface area contributed by atoms with Crippen molar-refractivity contribution in [3.63, 3.8) is 0 Å². The van der Waals surface area contributed by atoms with Crippen molar-refractivity contribution in [2.75, 3.05) is 13.7 Å². The van der Waals surface area contributed by atoms with Gasteiger partial charge >= 0.3 is 0 Å². The summed E-state index contributed by atoms with van der Waals surface area (Å²) in [6, 6.07) is 13.6. The van der Waals surface area contributed by atoms with Crippen LogP contribution in [0, 0.1) is 5.92 Å². The van der Waals surface area contributed by atoms with Crippen LogP contribution in [0.3, 0.4) is 0 Å². The molecule has 0 bridgehead atoms. The normalized spacial score (nSPS) is 26.3. The van der Waals surface area contributed by atoms with Gasteiger partial charge in [-0.1, -0.05) is 30.3 Å². The lowest BCUT2D eigenvalue weighted by Crippen LogP contribution is -2.28. The number of fused-ring (bicyclic) bond motifs is 1. The third kappa shape index (κ3) is 3.39. The zero-order chi connectivity index (χ0) is 19.8. The van der Waals surface area contributed by atoms with Crippen molar-refractivity contribution >= 4 is 5.91 Å². The van der Waals surface area contributed by atoms with Gasteiger partial charge < -0.3 is 20.3 Å². The first-order chi connectivity index (χ1) is 13.5. The number of hydrogen-bond donors (Lipinski definition) is 4. The van der Waals surface area contributed by atoms with Crippen LogP contribution in [0.15, 0.2) is 42.5 Å². The average molecular weight is 382 g/mol. The summed E-state index contributed by atoms with van der Waals surface area (Å²) in [6.07, 6.45) is -0.249. The molecule has 1 heterocycles. The van der Waals surface area contributed by atoms with Gasteiger partial charge in [-0.2, -0.15) is 0 Å². The summed E-state index contributed by atoms with van der Waals surface area (Å²) in [7, 11) is 1.66. The largest absolute Gasteiger partial charge is 0.489 e. The lowest BCUT2D eigenvalue weighted by atomic mass is 9.87. The SMILES string of the molecule is CNC(O)c1cc(C(=O)N[C@@H]2C[C@H]2CO)cc2c1O[C@H](C)[C@H]2c1ccccc1. The molecule has 2 aliphatic rings. The third-order valence-corrected chi connectivity index (χ3v) is 5.72. The molecule has 1 aliphatic carbocycles. The van der Waals surface area contributed by atoms with Crippen molar-refractivity contribution in [1.82, 2.24) is 10.6 Å². The number of aliphatic hydroxyl groups excluding tert-OH is 2. The molecule has 0 aromatic heterocycles. The second-order valence-electron chi connectivity index (χ2n) is 7.64. The Morgan fingerprint density at radius 3 is 2.68 bits per heavy atom. The number of carbonyl (C=O) groups excluding carboxylic acids is 1. The minimum absolute atomic E-state index is 0.0159. The van der Waals surface area contributed by atoms with Crippen molar-refractivity contribution in [2.24, 2.45) is 5.92 Å². The van der Waals surface area contributed by atoms with Gasteiger partial charge in [0.1, 0.15) is 18.1 Å². The number of hydrogen-bond acceptors (Lipinski definition) is 5. The zero-order valence-corrected chi connectivity index (χ0v) is 16.1. The monoisotopic (exact) mass is 382 g/mol. The van der Waals surface area contributed by atoms with E-state index in [1.165, 1.54) is 0 Å². The van der Waals surface area contributed by atoms with Crippen LogP contribution in [0.5, 0.6) is 5.75 Å². The quantitative estimate of drug-likeness (QED) is 0.573. The van der Waals surface area contributed by atoms with E-state index in [2.05, 4.69) is 22.8 Å². The summed E-state index contributed by atoms with van der Waals surface area (Å²) in [5, 5.41) is 25.5. The van der Waals surface area contributed by atoms with Gasteiger partial charge in [0.2, 0.25) is 0 Å². The summed E-state index contributed by atoms with van der Waals surface area (Å²) in [4.78, 5) is 12.8. The molecule has 2 aromatic rings. The molecule has 0 spiro atoms. The Morgan fingerprint density at radius 1 is 1.29 bits per heavy atom. The van der Waals surface area contributed by atoms with Gasteiger partial charge in [0.25, 0.3) is 5.91 Å². The maximum absolute atomic E-state index is 12.8. The first kappa shape index (κ1) is 18.9. The summed E-state index contributed by atoms with van der Waals surface area (Å²) in [6.45, 7) is 2.09. The molecule has 0 saturated heterocycles. The van der Waals surface area contributed by atoms with Crippen molar-refractivity contribution in [1.29, 1.82) is 0 Å². The van der Waals surface area contributed by atoms with Crippen LogP contribution >= 0.6 is 0 Å². The van der Waals surface area contributed by atoms with Crippen LogP contribution in [0.1, 0.15) is 52.5 Å². The molecule has 0 radical (unpaired) electrons. The Bertz CT molecular complexity index is 870. The van der Waals surface area contributed by atoms with Crippen LogP contribution in [0.4, 0.5) is 0 Å². The highest BCUT2D eigenvalue weighted by Crippen LogP contribution is 2.46. The molecular formula is C22H26N2O4. The molecular weight excluding hydrogens is 356 g/mol. The molecule has 148 valence electrons. The number of rotatable bonds is 6. The second kappa shape index (κ2) is 7.54. The van der Waals surface area contributed by atoms with Crippen LogP contribution in [-0.4, -0.2) is 41.9 Å². The highest BCUT2D eigenvalue weighted by atomic mass is 16.5.